The van der Waals surface area contributed by atoms with E-state index in [1.54, 1.807) is 13.0 Å². The van der Waals surface area contributed by atoms with Crippen LogP contribution in [0.15, 0.2) is 50.7 Å². The third-order valence-corrected chi connectivity index (χ3v) is 7.46. The molecule has 0 amide bonds. The maximum Gasteiger partial charge on any atom is 0.261 e. The van der Waals surface area contributed by atoms with E-state index < -0.39 is 20.0 Å². The van der Waals surface area contributed by atoms with E-state index in [1.807, 2.05) is 0 Å². The molecule has 0 unspecified atom stereocenters. The summed E-state index contributed by atoms with van der Waals surface area (Å²) in [5, 5.41) is 0. The normalized spacial score (nSPS) is 12.2. The van der Waals surface area contributed by atoms with Crippen LogP contribution in [-0.4, -0.2) is 42.3 Å². The largest absolute Gasteiger partial charge is 0.496 e. The number of halogens is 1. The van der Waals surface area contributed by atoms with Crippen molar-refractivity contribution in [2.45, 2.75) is 16.7 Å². The van der Waals surface area contributed by atoms with Crippen LogP contribution in [0.4, 0.5) is 5.69 Å². The highest BCUT2D eigenvalue weighted by Crippen LogP contribution is 2.29. The van der Waals surface area contributed by atoms with E-state index in [9.17, 15) is 16.8 Å². The number of anilines is 1. The average Bonchev–Trinajstić information content (AvgIpc) is 2.56. The Morgan fingerprint density at radius 1 is 1.00 bits per heavy atom. The Hall–Kier alpha value is -1.62. The molecule has 0 saturated carbocycles. The van der Waals surface area contributed by atoms with Crippen molar-refractivity contribution in [3.05, 3.63) is 46.4 Å². The van der Waals surface area contributed by atoms with Gasteiger partial charge in [-0.15, -0.1) is 0 Å². The summed E-state index contributed by atoms with van der Waals surface area (Å²) >= 11 is 3.25. The Kier molecular flexibility index (Phi) is 6.01. The molecule has 2 aromatic rings. The Bertz CT molecular complexity index is 1030. The highest BCUT2D eigenvalue weighted by molar-refractivity contribution is 9.10. The highest BCUT2D eigenvalue weighted by Gasteiger charge is 2.21. The van der Waals surface area contributed by atoms with E-state index in [2.05, 4.69) is 20.7 Å². The van der Waals surface area contributed by atoms with Gasteiger partial charge in [0.25, 0.3) is 10.0 Å². The van der Waals surface area contributed by atoms with E-state index in [0.29, 0.717) is 15.8 Å². The molecule has 0 saturated heterocycles. The molecule has 0 spiro atoms. The first-order valence-corrected chi connectivity index (χ1v) is 11.1. The van der Waals surface area contributed by atoms with Crippen LogP contribution in [0, 0.1) is 6.92 Å². The minimum atomic E-state index is -3.91. The van der Waals surface area contributed by atoms with Crippen molar-refractivity contribution in [3.63, 3.8) is 0 Å². The van der Waals surface area contributed by atoms with E-state index in [1.165, 1.54) is 51.5 Å². The fraction of sp³-hybridized carbons (Fsp3) is 0.250. The molecule has 0 heterocycles. The molecule has 0 fully saturated rings. The minimum Gasteiger partial charge on any atom is -0.496 e. The zero-order valence-corrected chi connectivity index (χ0v) is 17.9. The summed E-state index contributed by atoms with van der Waals surface area (Å²) < 4.78 is 59.0. The molecule has 26 heavy (non-hydrogen) atoms. The number of hydrogen-bond donors (Lipinski definition) is 1. The van der Waals surface area contributed by atoms with Gasteiger partial charge in [-0.3, -0.25) is 4.72 Å². The van der Waals surface area contributed by atoms with Crippen molar-refractivity contribution in [3.8, 4) is 5.75 Å². The molecule has 0 atom stereocenters. The molecule has 0 bridgehead atoms. The fourth-order valence-electron chi connectivity index (χ4n) is 2.10. The summed E-state index contributed by atoms with van der Waals surface area (Å²) in [6.07, 6.45) is 0. The third kappa shape index (κ3) is 4.20. The zero-order chi connectivity index (χ0) is 19.7. The molecule has 0 aromatic heterocycles. The van der Waals surface area contributed by atoms with Crippen LogP contribution < -0.4 is 9.46 Å². The van der Waals surface area contributed by atoms with Gasteiger partial charge in [0, 0.05) is 14.1 Å². The Labute approximate surface area is 162 Å². The van der Waals surface area contributed by atoms with Crippen LogP contribution in [0.25, 0.3) is 0 Å². The lowest BCUT2D eigenvalue weighted by atomic mass is 10.2. The monoisotopic (exact) mass is 462 g/mol. The third-order valence-electron chi connectivity index (χ3n) is 3.67. The molecular weight excluding hydrogens is 444 g/mol. The van der Waals surface area contributed by atoms with Gasteiger partial charge in [0.05, 0.1) is 27.1 Å². The maximum absolute atomic E-state index is 12.7. The first-order chi connectivity index (χ1) is 12.0. The first-order valence-electron chi connectivity index (χ1n) is 7.38. The smallest absolute Gasteiger partial charge is 0.261 e. The van der Waals surface area contributed by atoms with Crippen LogP contribution in [-0.2, 0) is 20.0 Å². The van der Waals surface area contributed by atoms with E-state index in [0.717, 1.165) is 4.31 Å². The maximum atomic E-state index is 12.7. The Balaban J connectivity index is 2.45. The van der Waals surface area contributed by atoms with Crippen molar-refractivity contribution in [1.82, 2.24) is 4.31 Å². The molecule has 10 heteroatoms. The average molecular weight is 463 g/mol. The van der Waals surface area contributed by atoms with Gasteiger partial charge in [0.1, 0.15) is 5.75 Å². The second-order valence-electron chi connectivity index (χ2n) is 5.67. The summed E-state index contributed by atoms with van der Waals surface area (Å²) in [6, 6.07) is 8.64. The number of hydrogen-bond acceptors (Lipinski definition) is 5. The number of benzene rings is 2. The number of aryl methyl sites for hydroxylation is 1. The SMILES string of the molecule is COc1ccc(S(=O)(=O)Nc2cc(S(=O)(=O)N(C)C)ccc2C)cc1Br. The fourth-order valence-corrected chi connectivity index (χ4v) is 4.87. The van der Waals surface area contributed by atoms with Crippen LogP contribution >= 0.6 is 15.9 Å². The van der Waals surface area contributed by atoms with Crippen molar-refractivity contribution in [2.24, 2.45) is 0 Å². The topological polar surface area (TPSA) is 92.8 Å². The molecule has 2 aromatic carbocycles. The Morgan fingerprint density at radius 3 is 2.15 bits per heavy atom. The molecule has 2 rings (SSSR count). The van der Waals surface area contributed by atoms with Gasteiger partial charge >= 0.3 is 0 Å². The summed E-state index contributed by atoms with van der Waals surface area (Å²) in [4.78, 5) is 0.0205. The van der Waals surface area contributed by atoms with Gasteiger partial charge in [-0.1, -0.05) is 6.07 Å². The lowest BCUT2D eigenvalue weighted by Crippen LogP contribution is -2.22. The number of rotatable bonds is 6. The molecule has 142 valence electrons. The highest BCUT2D eigenvalue weighted by atomic mass is 79.9. The lowest BCUT2D eigenvalue weighted by molar-refractivity contribution is 0.411. The summed E-state index contributed by atoms with van der Waals surface area (Å²) in [5.41, 5.74) is 0.790. The van der Waals surface area contributed by atoms with E-state index in [-0.39, 0.29) is 15.5 Å². The summed E-state index contributed by atoms with van der Waals surface area (Å²) in [5.74, 6) is 0.499. The summed E-state index contributed by atoms with van der Waals surface area (Å²) in [6.45, 7) is 1.69. The Morgan fingerprint density at radius 2 is 1.62 bits per heavy atom. The standard InChI is InChI=1S/C16H19BrN2O5S2/c1-11-5-6-13(26(22,23)19(2)3)10-15(11)18-25(20,21)12-7-8-16(24-4)14(17)9-12/h5-10,18H,1-4H3. The zero-order valence-electron chi connectivity index (χ0n) is 14.6. The van der Waals surface area contributed by atoms with Crippen molar-refractivity contribution in [1.29, 1.82) is 0 Å². The summed E-state index contributed by atoms with van der Waals surface area (Å²) in [7, 11) is -3.29. The number of ether oxygens (including phenoxy) is 1. The van der Waals surface area contributed by atoms with Gasteiger partial charge in [0.15, 0.2) is 0 Å². The van der Waals surface area contributed by atoms with Crippen molar-refractivity contribution >= 4 is 41.7 Å². The minimum absolute atomic E-state index is 0.00158. The van der Waals surface area contributed by atoms with Crippen LogP contribution in [0.5, 0.6) is 5.75 Å². The van der Waals surface area contributed by atoms with Gasteiger partial charge < -0.3 is 4.74 Å². The second-order valence-corrected chi connectivity index (χ2v) is 10.4. The molecule has 0 aliphatic heterocycles. The molecule has 0 aliphatic rings. The van der Waals surface area contributed by atoms with Crippen molar-refractivity contribution in [2.75, 3.05) is 25.9 Å². The van der Waals surface area contributed by atoms with Crippen molar-refractivity contribution < 1.29 is 21.6 Å². The van der Waals surface area contributed by atoms with Gasteiger partial charge in [0.2, 0.25) is 10.0 Å². The van der Waals surface area contributed by atoms with Crippen LogP contribution in [0.1, 0.15) is 5.56 Å². The lowest BCUT2D eigenvalue weighted by Gasteiger charge is -2.15. The number of nitrogens with zero attached hydrogens (tertiary/aromatic N) is 1. The second kappa shape index (κ2) is 7.55. The number of sulfonamides is 2. The van der Waals surface area contributed by atoms with E-state index in [4.69, 9.17) is 4.74 Å². The van der Waals surface area contributed by atoms with Gasteiger partial charge in [-0.05, 0) is 58.7 Å². The van der Waals surface area contributed by atoms with Gasteiger partial charge in [-0.25, -0.2) is 21.1 Å². The predicted octanol–water partition coefficient (Wildman–Crippen LogP) is 2.82. The quantitative estimate of drug-likeness (QED) is 0.712. The molecule has 0 radical (unpaired) electrons. The predicted molar refractivity (Wildman–Crippen MR) is 104 cm³/mol. The molecular formula is C16H19BrN2O5S2. The van der Waals surface area contributed by atoms with Crippen LogP contribution in [0.3, 0.4) is 0 Å². The molecule has 0 aliphatic carbocycles. The number of nitrogens with one attached hydrogen (secondary N) is 1. The first kappa shape index (κ1) is 20.7. The van der Waals surface area contributed by atoms with Crippen LogP contribution in [0.2, 0.25) is 0 Å². The molecule has 1 N–H and O–H groups in total. The molecule has 7 nitrogen and oxygen atoms in total. The van der Waals surface area contributed by atoms with Gasteiger partial charge in [-0.2, -0.15) is 0 Å². The van der Waals surface area contributed by atoms with E-state index >= 15 is 0 Å². The number of methoxy groups -OCH3 is 1.